The fraction of sp³-hybridized carbons (Fsp3) is 0.333. The molecule has 0 saturated heterocycles. The maximum absolute atomic E-state index is 9.54. The van der Waals surface area contributed by atoms with Crippen LogP contribution in [-0.2, 0) is 6.42 Å². The van der Waals surface area contributed by atoms with E-state index in [1.165, 1.54) is 15.3 Å². The Kier molecular flexibility index (Phi) is 4.39. The maximum atomic E-state index is 9.54. The van der Waals surface area contributed by atoms with Gasteiger partial charge in [-0.2, -0.15) is 0 Å². The summed E-state index contributed by atoms with van der Waals surface area (Å²) in [6.07, 6.45) is 1.05. The number of aliphatic hydroxyl groups excluding tert-OH is 1. The summed E-state index contributed by atoms with van der Waals surface area (Å²) in [6.45, 7) is 4.33. The van der Waals surface area contributed by atoms with E-state index in [2.05, 4.69) is 43.4 Å². The average Bonchev–Trinajstić information content (AvgIpc) is 2.84. The summed E-state index contributed by atoms with van der Waals surface area (Å²) in [5.74, 6) is 0. The Morgan fingerprint density at radius 1 is 1.28 bits per heavy atom. The summed E-state index contributed by atoms with van der Waals surface area (Å²) < 4.78 is 0. The van der Waals surface area contributed by atoms with Gasteiger partial charge >= 0.3 is 0 Å². The lowest BCUT2D eigenvalue weighted by Crippen LogP contribution is -2.13. The third-order valence-corrected chi connectivity index (χ3v) is 4.26. The van der Waals surface area contributed by atoms with E-state index in [1.54, 1.807) is 11.3 Å². The molecule has 2 rings (SSSR count). The Morgan fingerprint density at radius 2 is 2.11 bits per heavy atom. The van der Waals surface area contributed by atoms with E-state index < -0.39 is 0 Å². The molecule has 1 aromatic heterocycles. The first-order chi connectivity index (χ1) is 8.72. The lowest BCUT2D eigenvalue weighted by atomic mass is 10.2. The number of hydrogen-bond donors (Lipinski definition) is 2. The number of aliphatic hydroxyl groups is 1. The highest BCUT2D eigenvalue weighted by Crippen LogP contribution is 2.26. The van der Waals surface area contributed by atoms with Crippen molar-refractivity contribution in [3.63, 3.8) is 0 Å². The minimum absolute atomic E-state index is 0.0166. The van der Waals surface area contributed by atoms with Crippen molar-refractivity contribution in [2.45, 2.75) is 26.3 Å². The zero-order valence-electron chi connectivity index (χ0n) is 10.8. The number of nitrogens with one attached hydrogen (secondary N) is 1. The van der Waals surface area contributed by atoms with Crippen molar-refractivity contribution in [1.82, 2.24) is 0 Å². The molecule has 1 aromatic carbocycles. The number of anilines is 1. The molecule has 0 aliphatic carbocycles. The number of thiophene rings is 1. The van der Waals surface area contributed by atoms with E-state index in [9.17, 15) is 5.11 Å². The molecular weight excluding hydrogens is 242 g/mol. The van der Waals surface area contributed by atoms with Crippen molar-refractivity contribution in [3.8, 4) is 0 Å². The molecule has 2 nitrogen and oxygen atoms in total. The predicted octanol–water partition coefficient (Wildman–Crippen LogP) is 3.76. The largest absolute Gasteiger partial charge is 0.394 e. The van der Waals surface area contributed by atoms with Crippen LogP contribution in [0.1, 0.15) is 28.3 Å². The van der Waals surface area contributed by atoms with E-state index in [1.807, 2.05) is 12.1 Å². The van der Waals surface area contributed by atoms with Gasteiger partial charge < -0.3 is 10.4 Å². The molecule has 0 aliphatic rings. The highest BCUT2D eigenvalue weighted by Gasteiger charge is 2.12. The molecule has 1 atom stereocenters. The van der Waals surface area contributed by atoms with Crippen molar-refractivity contribution >= 4 is 17.0 Å². The molecule has 2 N–H and O–H groups in total. The highest BCUT2D eigenvalue weighted by molar-refractivity contribution is 7.12. The number of aryl methyl sites for hydroxylation is 2. The van der Waals surface area contributed by atoms with Crippen LogP contribution in [0.5, 0.6) is 0 Å². The van der Waals surface area contributed by atoms with E-state index >= 15 is 0 Å². The Morgan fingerprint density at radius 3 is 2.72 bits per heavy atom. The molecule has 2 aromatic rings. The van der Waals surface area contributed by atoms with Gasteiger partial charge in [-0.25, -0.2) is 0 Å². The summed E-state index contributed by atoms with van der Waals surface area (Å²) in [6, 6.07) is 12.4. The molecule has 1 heterocycles. The van der Waals surface area contributed by atoms with E-state index in [0.717, 1.165) is 12.1 Å². The predicted molar refractivity (Wildman–Crippen MR) is 78.3 cm³/mol. The Labute approximate surface area is 112 Å². The molecule has 0 saturated carbocycles. The fourth-order valence-electron chi connectivity index (χ4n) is 1.91. The second-order valence-corrected chi connectivity index (χ2v) is 5.61. The summed E-state index contributed by atoms with van der Waals surface area (Å²) in [4.78, 5) is 2.55. The van der Waals surface area contributed by atoms with Gasteiger partial charge in [0.2, 0.25) is 0 Å². The van der Waals surface area contributed by atoms with Crippen LogP contribution in [-0.4, -0.2) is 11.7 Å². The fourth-order valence-corrected chi connectivity index (χ4v) is 2.91. The van der Waals surface area contributed by atoms with Gasteiger partial charge in [0.1, 0.15) is 0 Å². The SMILES string of the molecule is CCc1ccc(C(CO)Nc2cccc(C)c2)s1. The second-order valence-electron chi connectivity index (χ2n) is 4.41. The lowest BCUT2D eigenvalue weighted by molar-refractivity contribution is 0.278. The van der Waals surface area contributed by atoms with Gasteiger partial charge in [0.15, 0.2) is 0 Å². The lowest BCUT2D eigenvalue weighted by Gasteiger charge is -2.16. The van der Waals surface area contributed by atoms with Crippen molar-refractivity contribution in [2.24, 2.45) is 0 Å². The minimum Gasteiger partial charge on any atom is -0.394 e. The van der Waals surface area contributed by atoms with Gasteiger partial charge in [-0.3, -0.25) is 0 Å². The van der Waals surface area contributed by atoms with Gasteiger partial charge in [0, 0.05) is 15.4 Å². The zero-order valence-corrected chi connectivity index (χ0v) is 11.6. The first-order valence-corrected chi connectivity index (χ1v) is 7.07. The Bertz CT molecular complexity index is 507. The molecule has 0 aliphatic heterocycles. The smallest absolute Gasteiger partial charge is 0.0837 e. The molecule has 0 spiro atoms. The average molecular weight is 261 g/mol. The molecule has 0 fully saturated rings. The van der Waals surface area contributed by atoms with Gasteiger partial charge in [-0.05, 0) is 43.2 Å². The Balaban J connectivity index is 2.14. The number of hydrogen-bond acceptors (Lipinski definition) is 3. The monoisotopic (exact) mass is 261 g/mol. The topological polar surface area (TPSA) is 32.3 Å². The van der Waals surface area contributed by atoms with Crippen molar-refractivity contribution < 1.29 is 5.11 Å². The second kappa shape index (κ2) is 6.03. The van der Waals surface area contributed by atoms with E-state index in [0.29, 0.717) is 0 Å². The number of rotatable bonds is 5. The van der Waals surface area contributed by atoms with E-state index in [-0.39, 0.29) is 12.6 Å². The summed E-state index contributed by atoms with van der Waals surface area (Å²) >= 11 is 1.77. The van der Waals surface area contributed by atoms with Gasteiger partial charge in [0.05, 0.1) is 12.6 Å². The molecule has 0 amide bonds. The van der Waals surface area contributed by atoms with Crippen molar-refractivity contribution in [1.29, 1.82) is 0 Å². The molecule has 3 heteroatoms. The zero-order chi connectivity index (χ0) is 13.0. The number of benzene rings is 1. The normalized spacial score (nSPS) is 12.4. The molecule has 96 valence electrons. The van der Waals surface area contributed by atoms with Crippen molar-refractivity contribution in [3.05, 3.63) is 51.7 Å². The van der Waals surface area contributed by atoms with Crippen LogP contribution < -0.4 is 5.32 Å². The summed E-state index contributed by atoms with van der Waals surface area (Å²) in [5.41, 5.74) is 2.28. The van der Waals surface area contributed by atoms with Crippen LogP contribution in [0.4, 0.5) is 5.69 Å². The quantitative estimate of drug-likeness (QED) is 0.859. The van der Waals surface area contributed by atoms with E-state index in [4.69, 9.17) is 0 Å². The first-order valence-electron chi connectivity index (χ1n) is 6.25. The van der Waals surface area contributed by atoms with Crippen LogP contribution in [0.3, 0.4) is 0 Å². The molecule has 0 bridgehead atoms. The third kappa shape index (κ3) is 3.12. The minimum atomic E-state index is -0.0166. The van der Waals surface area contributed by atoms with Crippen LogP contribution in [0.2, 0.25) is 0 Å². The molecule has 18 heavy (non-hydrogen) atoms. The Hall–Kier alpha value is -1.32. The standard InChI is InChI=1S/C15H19NOS/c1-3-13-7-8-15(18-13)14(10-17)16-12-6-4-5-11(2)9-12/h4-9,14,16-17H,3,10H2,1-2H3. The van der Waals surface area contributed by atoms with Gasteiger partial charge in [-0.15, -0.1) is 11.3 Å². The van der Waals surface area contributed by atoms with Crippen LogP contribution >= 0.6 is 11.3 Å². The van der Waals surface area contributed by atoms with Gasteiger partial charge in [0.25, 0.3) is 0 Å². The first kappa shape index (κ1) is 13.1. The van der Waals surface area contributed by atoms with Crippen LogP contribution in [0.25, 0.3) is 0 Å². The molecular formula is C15H19NOS. The highest BCUT2D eigenvalue weighted by atomic mass is 32.1. The maximum Gasteiger partial charge on any atom is 0.0837 e. The molecule has 0 radical (unpaired) electrons. The summed E-state index contributed by atoms with van der Waals surface area (Å²) in [7, 11) is 0. The summed E-state index contributed by atoms with van der Waals surface area (Å²) in [5, 5.41) is 12.9. The third-order valence-electron chi connectivity index (χ3n) is 2.92. The van der Waals surface area contributed by atoms with Crippen LogP contribution in [0, 0.1) is 6.92 Å². The van der Waals surface area contributed by atoms with Crippen molar-refractivity contribution in [2.75, 3.05) is 11.9 Å². The van der Waals surface area contributed by atoms with Gasteiger partial charge in [-0.1, -0.05) is 19.1 Å². The van der Waals surface area contributed by atoms with Crippen LogP contribution in [0.15, 0.2) is 36.4 Å². The molecule has 1 unspecified atom stereocenters.